The van der Waals surface area contributed by atoms with Gasteiger partial charge in [-0.3, -0.25) is 20.2 Å². The first-order valence-corrected chi connectivity index (χ1v) is 7.77. The van der Waals surface area contributed by atoms with Gasteiger partial charge >= 0.3 is 12.3 Å². The summed E-state index contributed by atoms with van der Waals surface area (Å²) in [5.74, 6) is 0. The van der Waals surface area contributed by atoms with Gasteiger partial charge in [0.15, 0.2) is 5.69 Å². The van der Waals surface area contributed by atoms with Crippen LogP contribution in [0.15, 0.2) is 12.1 Å². The van der Waals surface area contributed by atoms with E-state index in [0.29, 0.717) is 0 Å². The van der Waals surface area contributed by atoms with Gasteiger partial charge in [-0.1, -0.05) is 0 Å². The third-order valence-corrected chi connectivity index (χ3v) is 3.91. The Kier molecular flexibility index (Phi) is 5.71. The molecular weight excluding hydrogens is 377 g/mol. The summed E-state index contributed by atoms with van der Waals surface area (Å²) < 4.78 is 43.7. The number of benzene rings is 1. The molecular formula is C14H15F3N4O6. The van der Waals surface area contributed by atoms with E-state index in [1.165, 1.54) is 9.80 Å². The molecule has 13 heteroatoms. The third kappa shape index (κ3) is 4.35. The van der Waals surface area contributed by atoms with Crippen LogP contribution in [0, 0.1) is 20.2 Å². The Morgan fingerprint density at radius 1 is 1.11 bits per heavy atom. The molecule has 1 aliphatic rings. The van der Waals surface area contributed by atoms with E-state index >= 15 is 0 Å². The van der Waals surface area contributed by atoms with Gasteiger partial charge in [-0.05, 0) is 6.92 Å². The number of piperazine rings is 1. The number of hydrogen-bond acceptors (Lipinski definition) is 7. The van der Waals surface area contributed by atoms with Gasteiger partial charge in [0.2, 0.25) is 0 Å². The Morgan fingerprint density at radius 3 is 1.96 bits per heavy atom. The molecule has 0 unspecified atom stereocenters. The van der Waals surface area contributed by atoms with Crippen LogP contribution in [0.1, 0.15) is 12.5 Å². The first-order valence-electron chi connectivity index (χ1n) is 7.77. The predicted molar refractivity (Wildman–Crippen MR) is 85.6 cm³/mol. The minimum Gasteiger partial charge on any atom is -0.450 e. The molecule has 1 fully saturated rings. The van der Waals surface area contributed by atoms with Gasteiger partial charge in [-0.25, -0.2) is 4.79 Å². The van der Waals surface area contributed by atoms with Crippen molar-refractivity contribution in [2.75, 3.05) is 37.7 Å². The quantitative estimate of drug-likeness (QED) is 0.571. The maximum absolute atomic E-state index is 12.9. The van der Waals surface area contributed by atoms with Gasteiger partial charge in [-0.15, -0.1) is 0 Å². The molecule has 0 spiro atoms. The minimum absolute atomic E-state index is 0.0359. The van der Waals surface area contributed by atoms with Crippen LogP contribution in [-0.4, -0.2) is 53.6 Å². The van der Waals surface area contributed by atoms with Gasteiger partial charge in [0.1, 0.15) is 0 Å². The summed E-state index contributed by atoms with van der Waals surface area (Å²) in [6, 6.07) is 0.556. The number of carbonyl (C=O) groups excluding carboxylic acids is 1. The van der Waals surface area contributed by atoms with E-state index in [9.17, 15) is 38.2 Å². The molecule has 1 amide bonds. The normalized spacial score (nSPS) is 14.8. The van der Waals surface area contributed by atoms with E-state index in [1.54, 1.807) is 6.92 Å². The predicted octanol–water partition coefficient (Wildman–Crippen LogP) is 2.80. The second-order valence-corrected chi connectivity index (χ2v) is 5.55. The largest absolute Gasteiger partial charge is 0.450 e. The molecule has 1 heterocycles. The van der Waals surface area contributed by atoms with E-state index in [2.05, 4.69) is 0 Å². The highest BCUT2D eigenvalue weighted by molar-refractivity contribution is 5.77. The van der Waals surface area contributed by atoms with E-state index in [1.807, 2.05) is 0 Å². The van der Waals surface area contributed by atoms with Gasteiger partial charge in [0.25, 0.3) is 11.4 Å². The zero-order valence-electron chi connectivity index (χ0n) is 14.1. The molecule has 0 N–H and O–H groups in total. The zero-order chi connectivity index (χ0) is 20.4. The SMILES string of the molecule is CCOC(=O)N1CCN(c2c([N+](=O)[O-])cc(C(F)(F)F)cc2[N+](=O)[O-])CC1. The number of hydrogen-bond donors (Lipinski definition) is 0. The fourth-order valence-electron chi connectivity index (χ4n) is 2.70. The molecule has 0 radical (unpaired) electrons. The van der Waals surface area contributed by atoms with Crippen molar-refractivity contribution in [3.05, 3.63) is 37.9 Å². The molecule has 0 saturated carbocycles. The minimum atomic E-state index is -4.98. The number of anilines is 1. The first-order chi connectivity index (χ1) is 12.6. The Hall–Kier alpha value is -3.12. The molecule has 27 heavy (non-hydrogen) atoms. The number of alkyl halides is 3. The standard InChI is InChI=1S/C14H15F3N4O6/c1-2-27-13(22)19-5-3-18(4-6-19)12-10(20(23)24)7-9(14(15,16)17)8-11(12)21(25)26/h7-8H,2-6H2,1H3. The van der Waals surface area contributed by atoms with Crippen molar-refractivity contribution < 1.29 is 32.5 Å². The van der Waals surface area contributed by atoms with Crippen LogP contribution < -0.4 is 4.90 Å². The molecule has 148 valence electrons. The van der Waals surface area contributed by atoms with Crippen molar-refractivity contribution in [1.82, 2.24) is 4.90 Å². The highest BCUT2D eigenvalue weighted by Crippen LogP contribution is 2.43. The maximum Gasteiger partial charge on any atom is 0.416 e. The lowest BCUT2D eigenvalue weighted by Crippen LogP contribution is -2.49. The van der Waals surface area contributed by atoms with E-state index < -0.39 is 44.7 Å². The molecule has 0 aliphatic carbocycles. The average Bonchev–Trinajstić information content (AvgIpc) is 2.60. The van der Waals surface area contributed by atoms with E-state index in [-0.39, 0.29) is 44.9 Å². The van der Waals surface area contributed by atoms with Crippen LogP contribution in [0.4, 0.5) is 35.0 Å². The van der Waals surface area contributed by atoms with Crippen molar-refractivity contribution >= 4 is 23.2 Å². The second kappa shape index (κ2) is 7.63. The fourth-order valence-corrected chi connectivity index (χ4v) is 2.70. The molecule has 2 rings (SSSR count). The van der Waals surface area contributed by atoms with Gasteiger partial charge in [-0.2, -0.15) is 13.2 Å². The second-order valence-electron chi connectivity index (χ2n) is 5.55. The fraction of sp³-hybridized carbons (Fsp3) is 0.500. The number of nitro benzene ring substituents is 2. The Labute approximate surface area is 150 Å². The number of nitro groups is 2. The Bertz CT molecular complexity index is 727. The van der Waals surface area contributed by atoms with Gasteiger partial charge in [0, 0.05) is 38.3 Å². The summed E-state index contributed by atoms with van der Waals surface area (Å²) in [5, 5.41) is 22.6. The number of ether oxygens (including phenoxy) is 1. The van der Waals surface area contributed by atoms with Crippen LogP contribution in [0.2, 0.25) is 0 Å². The number of nitrogens with zero attached hydrogens (tertiary/aromatic N) is 4. The van der Waals surface area contributed by atoms with Gasteiger partial charge in [0.05, 0.1) is 22.0 Å². The van der Waals surface area contributed by atoms with Crippen LogP contribution in [0.3, 0.4) is 0 Å². The van der Waals surface area contributed by atoms with Crippen LogP contribution in [0.25, 0.3) is 0 Å². The van der Waals surface area contributed by atoms with Crippen molar-refractivity contribution in [3.63, 3.8) is 0 Å². The number of carbonyl (C=O) groups is 1. The summed E-state index contributed by atoms with van der Waals surface area (Å²) in [7, 11) is 0. The summed E-state index contributed by atoms with van der Waals surface area (Å²) in [6.07, 6.45) is -5.58. The molecule has 1 saturated heterocycles. The molecule has 0 atom stereocenters. The van der Waals surface area contributed by atoms with Crippen molar-refractivity contribution in [2.24, 2.45) is 0 Å². The number of halogens is 3. The lowest BCUT2D eigenvalue weighted by atomic mass is 10.1. The molecule has 10 nitrogen and oxygen atoms in total. The Morgan fingerprint density at radius 2 is 1.59 bits per heavy atom. The van der Waals surface area contributed by atoms with Crippen LogP contribution in [0.5, 0.6) is 0 Å². The highest BCUT2D eigenvalue weighted by Gasteiger charge is 2.40. The smallest absolute Gasteiger partial charge is 0.416 e. The zero-order valence-corrected chi connectivity index (χ0v) is 14.1. The first kappa shape index (κ1) is 20.2. The highest BCUT2D eigenvalue weighted by atomic mass is 19.4. The van der Waals surface area contributed by atoms with E-state index in [0.717, 1.165) is 0 Å². The molecule has 0 aromatic heterocycles. The van der Waals surface area contributed by atoms with E-state index in [4.69, 9.17) is 4.74 Å². The van der Waals surface area contributed by atoms with Gasteiger partial charge < -0.3 is 14.5 Å². The van der Waals surface area contributed by atoms with Crippen molar-refractivity contribution in [1.29, 1.82) is 0 Å². The average molecular weight is 392 g/mol. The van der Waals surface area contributed by atoms with Crippen LogP contribution in [-0.2, 0) is 10.9 Å². The lowest BCUT2D eigenvalue weighted by molar-refractivity contribution is -0.393. The molecule has 0 bridgehead atoms. The summed E-state index contributed by atoms with van der Waals surface area (Å²) >= 11 is 0. The lowest BCUT2D eigenvalue weighted by Gasteiger charge is -2.34. The summed E-state index contributed by atoms with van der Waals surface area (Å²) in [5.41, 5.74) is -4.02. The third-order valence-electron chi connectivity index (χ3n) is 3.91. The maximum atomic E-state index is 12.9. The molecule has 1 aliphatic heterocycles. The summed E-state index contributed by atoms with van der Waals surface area (Å²) in [6.45, 7) is 1.79. The van der Waals surface area contributed by atoms with Crippen molar-refractivity contribution in [3.8, 4) is 0 Å². The topological polar surface area (TPSA) is 119 Å². The van der Waals surface area contributed by atoms with Crippen molar-refractivity contribution in [2.45, 2.75) is 13.1 Å². The number of rotatable bonds is 4. The molecule has 1 aromatic rings. The molecule has 1 aromatic carbocycles. The summed E-state index contributed by atoms with van der Waals surface area (Å²) in [4.78, 5) is 34.6. The monoisotopic (exact) mass is 392 g/mol. The number of amides is 1. The van der Waals surface area contributed by atoms with Crippen LogP contribution >= 0.6 is 0 Å². The Balaban J connectivity index is 2.43.